The quantitative estimate of drug-likeness (QED) is 0.343. The van der Waals surface area contributed by atoms with E-state index in [1.807, 2.05) is 66.0 Å². The second-order valence-electron chi connectivity index (χ2n) is 7.91. The molecule has 6 heteroatoms. The van der Waals surface area contributed by atoms with E-state index in [-0.39, 0.29) is 6.04 Å². The van der Waals surface area contributed by atoms with E-state index >= 15 is 0 Å². The lowest BCUT2D eigenvalue weighted by atomic mass is 10.1. The number of fused-ring (bicyclic) bond motifs is 1. The molecule has 1 atom stereocenters. The second kappa shape index (κ2) is 10.3. The summed E-state index contributed by atoms with van der Waals surface area (Å²) in [5, 5.41) is 5.52. The molecule has 0 bridgehead atoms. The van der Waals surface area contributed by atoms with Gasteiger partial charge in [0.1, 0.15) is 11.3 Å². The molecule has 0 aliphatic heterocycles. The Morgan fingerprint density at radius 1 is 0.882 bits per heavy atom. The lowest BCUT2D eigenvalue weighted by Crippen LogP contribution is -2.31. The number of nitrogens with one attached hydrogen (secondary N) is 1. The first-order chi connectivity index (χ1) is 16.8. The van der Waals surface area contributed by atoms with Gasteiger partial charge in [-0.25, -0.2) is 9.97 Å². The number of thiophene rings is 1. The molecule has 3 N–H and O–H groups in total. The summed E-state index contributed by atoms with van der Waals surface area (Å²) in [6.45, 7) is 0.597. The monoisotopic (exact) mass is 461 g/mol. The maximum absolute atomic E-state index is 6.43. The molecular weight excluding hydrogens is 438 g/mol. The van der Waals surface area contributed by atoms with Gasteiger partial charge in [0.2, 0.25) is 0 Å². The summed E-state index contributed by atoms with van der Waals surface area (Å²) in [7, 11) is 0. The summed E-state index contributed by atoms with van der Waals surface area (Å²) >= 11 is 1.59. The third-order valence-electron chi connectivity index (χ3n) is 5.34. The van der Waals surface area contributed by atoms with E-state index in [1.54, 1.807) is 23.7 Å². The fourth-order valence-corrected chi connectivity index (χ4v) is 4.54. The molecule has 34 heavy (non-hydrogen) atoms. The van der Waals surface area contributed by atoms with Crippen molar-refractivity contribution in [1.29, 1.82) is 0 Å². The molecule has 166 valence electrons. The maximum atomic E-state index is 6.43. The van der Waals surface area contributed by atoms with Gasteiger partial charge in [0, 0.05) is 41.5 Å². The van der Waals surface area contributed by atoms with Crippen molar-refractivity contribution < 1.29 is 0 Å². The Bertz CT molecular complexity index is 1440. The normalized spacial score (nSPS) is 11.6. The van der Waals surface area contributed by atoms with Crippen molar-refractivity contribution in [3.63, 3.8) is 0 Å². The van der Waals surface area contributed by atoms with Gasteiger partial charge >= 0.3 is 0 Å². The number of hydrogen-bond donors (Lipinski definition) is 2. The van der Waals surface area contributed by atoms with Gasteiger partial charge in [-0.05, 0) is 36.2 Å². The Morgan fingerprint density at radius 2 is 1.62 bits per heavy atom. The number of anilines is 1. The van der Waals surface area contributed by atoms with Crippen LogP contribution in [0.1, 0.15) is 16.7 Å². The largest absolute Gasteiger partial charge is 0.367 e. The molecule has 5 aromatic rings. The molecule has 0 fully saturated rings. The van der Waals surface area contributed by atoms with Crippen LogP contribution in [0.3, 0.4) is 0 Å². The Morgan fingerprint density at radius 3 is 2.38 bits per heavy atom. The van der Waals surface area contributed by atoms with Crippen molar-refractivity contribution in [3.8, 4) is 23.2 Å². The van der Waals surface area contributed by atoms with Crippen molar-refractivity contribution in [1.82, 2.24) is 15.0 Å². The predicted octanol–water partition coefficient (Wildman–Crippen LogP) is 5.14. The number of aromatic nitrogens is 3. The van der Waals surface area contributed by atoms with Crippen molar-refractivity contribution in [2.45, 2.75) is 12.5 Å². The molecule has 0 saturated carbocycles. The first-order valence-electron chi connectivity index (χ1n) is 11.1. The van der Waals surface area contributed by atoms with Gasteiger partial charge in [0.25, 0.3) is 0 Å². The maximum Gasteiger partial charge on any atom is 0.162 e. The van der Waals surface area contributed by atoms with E-state index in [1.165, 1.54) is 5.56 Å². The molecular formula is C28H23N5S. The molecule has 0 spiro atoms. The number of nitrogens with zero attached hydrogens (tertiary/aromatic N) is 3. The molecule has 3 heterocycles. The van der Waals surface area contributed by atoms with E-state index < -0.39 is 0 Å². The molecule has 0 radical (unpaired) electrons. The lowest BCUT2D eigenvalue weighted by molar-refractivity contribution is 0.698. The zero-order valence-corrected chi connectivity index (χ0v) is 19.3. The van der Waals surface area contributed by atoms with E-state index in [0.29, 0.717) is 12.4 Å². The molecule has 0 amide bonds. The van der Waals surface area contributed by atoms with Crippen molar-refractivity contribution in [2.75, 3.05) is 11.9 Å². The average molecular weight is 462 g/mol. The van der Waals surface area contributed by atoms with Crippen LogP contribution in [-0.2, 0) is 6.42 Å². The van der Waals surface area contributed by atoms with E-state index in [4.69, 9.17) is 15.7 Å². The molecule has 3 aromatic heterocycles. The Balaban J connectivity index is 1.47. The lowest BCUT2D eigenvalue weighted by Gasteiger charge is -2.14. The van der Waals surface area contributed by atoms with Crippen LogP contribution in [0.25, 0.3) is 21.6 Å². The van der Waals surface area contributed by atoms with Crippen molar-refractivity contribution in [3.05, 3.63) is 107 Å². The van der Waals surface area contributed by atoms with Crippen LogP contribution in [0.15, 0.2) is 90.6 Å². The third kappa shape index (κ3) is 5.12. The van der Waals surface area contributed by atoms with E-state index in [9.17, 15) is 0 Å². The summed E-state index contributed by atoms with van der Waals surface area (Å²) in [5.74, 6) is 7.94. The van der Waals surface area contributed by atoms with Gasteiger partial charge < -0.3 is 11.1 Å². The molecule has 0 aliphatic carbocycles. The van der Waals surface area contributed by atoms with E-state index in [0.717, 1.165) is 39.1 Å². The van der Waals surface area contributed by atoms with Crippen LogP contribution in [0.2, 0.25) is 0 Å². The minimum absolute atomic E-state index is 0.0471. The molecule has 2 aromatic carbocycles. The summed E-state index contributed by atoms with van der Waals surface area (Å²) in [6.07, 6.45) is 4.28. The average Bonchev–Trinajstić information content (AvgIpc) is 3.31. The number of benzene rings is 2. The van der Waals surface area contributed by atoms with Crippen LogP contribution in [0, 0.1) is 11.8 Å². The Labute approximate surface area is 202 Å². The number of hydrogen-bond acceptors (Lipinski definition) is 6. The van der Waals surface area contributed by atoms with Gasteiger partial charge in [0.15, 0.2) is 5.82 Å². The molecule has 5 rings (SSSR count). The van der Waals surface area contributed by atoms with Crippen LogP contribution in [0.5, 0.6) is 0 Å². The van der Waals surface area contributed by atoms with Crippen LogP contribution in [0.4, 0.5) is 5.82 Å². The highest BCUT2D eigenvalue weighted by Crippen LogP contribution is 2.32. The highest BCUT2D eigenvalue weighted by Gasteiger charge is 2.15. The SMILES string of the molecule is NC(CNc1nc(-c2ccncc2)nc2c(C#Cc3ccccc3)csc12)Cc1ccccc1. The van der Waals surface area contributed by atoms with Crippen LogP contribution in [-0.4, -0.2) is 27.5 Å². The van der Waals surface area contributed by atoms with Gasteiger partial charge in [0.05, 0.1) is 10.3 Å². The van der Waals surface area contributed by atoms with Gasteiger partial charge in [-0.1, -0.05) is 60.4 Å². The van der Waals surface area contributed by atoms with Gasteiger partial charge in [-0.15, -0.1) is 11.3 Å². The molecule has 5 nitrogen and oxygen atoms in total. The molecule has 1 unspecified atom stereocenters. The first-order valence-corrected chi connectivity index (χ1v) is 11.9. The second-order valence-corrected chi connectivity index (χ2v) is 8.79. The fraction of sp³-hybridized carbons (Fsp3) is 0.107. The summed E-state index contributed by atoms with van der Waals surface area (Å²) in [4.78, 5) is 13.8. The zero-order valence-electron chi connectivity index (χ0n) is 18.5. The highest BCUT2D eigenvalue weighted by atomic mass is 32.1. The fourth-order valence-electron chi connectivity index (χ4n) is 3.63. The highest BCUT2D eigenvalue weighted by molar-refractivity contribution is 7.18. The Hall–Kier alpha value is -4.05. The van der Waals surface area contributed by atoms with Crippen LogP contribution < -0.4 is 11.1 Å². The van der Waals surface area contributed by atoms with Gasteiger partial charge in [-0.3, -0.25) is 4.98 Å². The summed E-state index contributed by atoms with van der Waals surface area (Å²) in [6, 6.07) is 24.0. The minimum Gasteiger partial charge on any atom is -0.367 e. The number of pyridine rings is 1. The minimum atomic E-state index is -0.0471. The molecule has 0 aliphatic rings. The van der Waals surface area contributed by atoms with Crippen molar-refractivity contribution >= 4 is 27.4 Å². The zero-order chi connectivity index (χ0) is 23.2. The molecule has 0 saturated heterocycles. The number of rotatable bonds is 6. The predicted molar refractivity (Wildman–Crippen MR) is 140 cm³/mol. The summed E-state index contributed by atoms with van der Waals surface area (Å²) in [5.41, 5.74) is 11.3. The first kappa shape index (κ1) is 21.8. The van der Waals surface area contributed by atoms with Crippen molar-refractivity contribution in [2.24, 2.45) is 5.73 Å². The number of nitrogens with two attached hydrogens (primary N) is 1. The third-order valence-corrected chi connectivity index (χ3v) is 6.32. The Kier molecular flexibility index (Phi) is 6.57. The summed E-state index contributed by atoms with van der Waals surface area (Å²) < 4.78 is 0.974. The van der Waals surface area contributed by atoms with Gasteiger partial charge in [-0.2, -0.15) is 0 Å². The smallest absolute Gasteiger partial charge is 0.162 e. The van der Waals surface area contributed by atoms with Crippen LogP contribution >= 0.6 is 11.3 Å². The topological polar surface area (TPSA) is 76.7 Å². The standard InChI is InChI=1S/C28H23N5S/c29-24(17-21-9-5-2-6-10-21)18-31-28-26-25(32-27(33-28)22-13-15-30-16-14-22)23(19-34-26)12-11-20-7-3-1-4-8-20/h1-10,13-16,19,24H,17-18,29H2,(H,31,32,33). The van der Waals surface area contributed by atoms with E-state index in [2.05, 4.69) is 34.3 Å².